The first-order valence-electron chi connectivity index (χ1n) is 11.0. The summed E-state index contributed by atoms with van der Waals surface area (Å²) in [5.74, 6) is 1.18. The van der Waals surface area contributed by atoms with Gasteiger partial charge >= 0.3 is 0 Å². The first kappa shape index (κ1) is 18.9. The highest BCUT2D eigenvalue weighted by Crippen LogP contribution is 2.42. The first-order chi connectivity index (χ1) is 15.7. The number of hydrogen-bond donors (Lipinski definition) is 1. The zero-order valence-corrected chi connectivity index (χ0v) is 18.1. The molecule has 1 N–H and O–H groups in total. The SMILES string of the molecule is Cc1cc(C)n2nc(C3CC3)c(Cc3ccc(-c4ccccc4-c4nn[nH]n4)cc3)c2n1. The van der Waals surface area contributed by atoms with Gasteiger partial charge in [0, 0.05) is 34.9 Å². The number of benzene rings is 2. The molecule has 1 aliphatic rings. The highest BCUT2D eigenvalue weighted by molar-refractivity contribution is 5.80. The summed E-state index contributed by atoms with van der Waals surface area (Å²) in [5, 5.41) is 19.5. The molecule has 0 spiro atoms. The van der Waals surface area contributed by atoms with E-state index in [9.17, 15) is 0 Å². The average molecular weight is 422 g/mol. The van der Waals surface area contributed by atoms with Crippen molar-refractivity contribution in [2.24, 2.45) is 0 Å². The fourth-order valence-corrected chi connectivity index (χ4v) is 4.45. The van der Waals surface area contributed by atoms with Crippen molar-refractivity contribution in [3.63, 3.8) is 0 Å². The Labute approximate surface area is 185 Å². The highest BCUT2D eigenvalue weighted by atomic mass is 15.5. The summed E-state index contributed by atoms with van der Waals surface area (Å²) in [4.78, 5) is 4.85. The molecule has 2 aromatic carbocycles. The number of aryl methyl sites for hydroxylation is 2. The van der Waals surface area contributed by atoms with Crippen LogP contribution in [0.4, 0.5) is 0 Å². The monoisotopic (exact) mass is 421 g/mol. The van der Waals surface area contributed by atoms with Gasteiger partial charge in [-0.2, -0.15) is 10.3 Å². The lowest BCUT2D eigenvalue weighted by atomic mass is 9.96. The second-order valence-electron chi connectivity index (χ2n) is 8.57. The molecule has 5 aromatic rings. The van der Waals surface area contributed by atoms with Crippen molar-refractivity contribution in [1.29, 1.82) is 0 Å². The molecule has 0 amide bonds. The van der Waals surface area contributed by atoms with E-state index in [1.165, 1.54) is 29.7 Å². The summed E-state index contributed by atoms with van der Waals surface area (Å²) in [6, 6.07) is 19.0. The maximum absolute atomic E-state index is 4.95. The predicted molar refractivity (Wildman–Crippen MR) is 122 cm³/mol. The van der Waals surface area contributed by atoms with Crippen LogP contribution in [-0.2, 0) is 6.42 Å². The maximum Gasteiger partial charge on any atom is 0.205 e. The zero-order chi connectivity index (χ0) is 21.7. The lowest BCUT2D eigenvalue weighted by molar-refractivity contribution is 0.845. The van der Waals surface area contributed by atoms with E-state index in [1.807, 2.05) is 22.7 Å². The smallest absolute Gasteiger partial charge is 0.205 e. The maximum atomic E-state index is 4.95. The van der Waals surface area contributed by atoms with E-state index >= 15 is 0 Å². The Hall–Kier alpha value is -3.87. The Bertz CT molecular complexity index is 1410. The van der Waals surface area contributed by atoms with Crippen LogP contribution in [0.15, 0.2) is 54.6 Å². The van der Waals surface area contributed by atoms with Gasteiger partial charge in [0.05, 0.1) is 5.69 Å². The molecule has 0 aliphatic heterocycles. The van der Waals surface area contributed by atoms with Crippen molar-refractivity contribution in [3.05, 3.63) is 82.8 Å². The molecule has 3 heterocycles. The van der Waals surface area contributed by atoms with Crippen molar-refractivity contribution < 1.29 is 0 Å². The standard InChI is InChI=1S/C25H23N7/c1-15-13-16(2)32-25(26-15)22(23(29-32)19-11-12-19)14-17-7-9-18(10-8-17)20-5-3-4-6-21(20)24-27-30-31-28-24/h3-10,13,19H,11-12,14H2,1-2H3,(H,27,28,30,31). The minimum Gasteiger partial charge on any atom is -0.234 e. The predicted octanol–water partition coefficient (Wildman–Crippen LogP) is 4.66. The third-order valence-electron chi connectivity index (χ3n) is 6.14. The minimum absolute atomic E-state index is 0.576. The van der Waals surface area contributed by atoms with E-state index in [1.54, 1.807) is 0 Å². The molecule has 0 unspecified atom stereocenters. The molecule has 0 radical (unpaired) electrons. The Balaban J connectivity index is 1.37. The summed E-state index contributed by atoms with van der Waals surface area (Å²) >= 11 is 0. The summed E-state index contributed by atoms with van der Waals surface area (Å²) in [6.07, 6.45) is 3.28. The largest absolute Gasteiger partial charge is 0.234 e. The number of fused-ring (bicyclic) bond motifs is 1. The number of nitrogens with one attached hydrogen (secondary N) is 1. The van der Waals surface area contributed by atoms with E-state index in [4.69, 9.17) is 10.1 Å². The second kappa shape index (κ2) is 7.37. The quantitative estimate of drug-likeness (QED) is 0.446. The molecular formula is C25H23N7. The lowest BCUT2D eigenvalue weighted by Crippen LogP contribution is -1.98. The fraction of sp³-hybridized carbons (Fsp3) is 0.240. The van der Waals surface area contributed by atoms with Crippen LogP contribution in [0.1, 0.15) is 47.0 Å². The lowest BCUT2D eigenvalue weighted by Gasteiger charge is -2.09. The van der Waals surface area contributed by atoms with E-state index in [0.717, 1.165) is 40.1 Å². The van der Waals surface area contributed by atoms with Gasteiger partial charge in [-0.1, -0.05) is 48.5 Å². The Morgan fingerprint density at radius 3 is 2.50 bits per heavy atom. The topological polar surface area (TPSA) is 84.6 Å². The molecule has 0 bridgehead atoms. The van der Waals surface area contributed by atoms with Gasteiger partial charge in [-0.05, 0) is 54.7 Å². The third kappa shape index (κ3) is 3.26. The number of aromatic nitrogens is 7. The molecule has 32 heavy (non-hydrogen) atoms. The van der Waals surface area contributed by atoms with Crippen LogP contribution in [0.5, 0.6) is 0 Å². The molecule has 3 aromatic heterocycles. The normalized spacial score (nSPS) is 13.7. The number of tetrazole rings is 1. The van der Waals surface area contributed by atoms with Gasteiger partial charge in [0.2, 0.25) is 5.82 Å². The summed E-state index contributed by atoms with van der Waals surface area (Å²) in [6.45, 7) is 4.15. The van der Waals surface area contributed by atoms with Crippen molar-refractivity contribution in [3.8, 4) is 22.5 Å². The number of nitrogens with zero attached hydrogens (tertiary/aromatic N) is 6. The van der Waals surface area contributed by atoms with Gasteiger partial charge < -0.3 is 0 Å². The van der Waals surface area contributed by atoms with E-state index in [-0.39, 0.29) is 0 Å². The first-order valence-corrected chi connectivity index (χ1v) is 11.0. The van der Waals surface area contributed by atoms with Crippen LogP contribution in [0.2, 0.25) is 0 Å². The van der Waals surface area contributed by atoms with Crippen molar-refractivity contribution in [2.75, 3.05) is 0 Å². The third-order valence-corrected chi connectivity index (χ3v) is 6.14. The Morgan fingerprint density at radius 1 is 1.00 bits per heavy atom. The van der Waals surface area contributed by atoms with Gasteiger partial charge in [0.25, 0.3) is 0 Å². The summed E-state index contributed by atoms with van der Waals surface area (Å²) in [5.41, 5.74) is 10.1. The van der Waals surface area contributed by atoms with Gasteiger partial charge in [-0.15, -0.1) is 10.2 Å². The number of hydrogen-bond acceptors (Lipinski definition) is 5. The molecule has 1 saturated carbocycles. The molecule has 0 saturated heterocycles. The van der Waals surface area contributed by atoms with Crippen LogP contribution < -0.4 is 0 Å². The number of aromatic amines is 1. The molecular weight excluding hydrogens is 398 g/mol. The Kier molecular flexibility index (Phi) is 4.35. The van der Waals surface area contributed by atoms with Crippen LogP contribution in [0.25, 0.3) is 28.2 Å². The molecule has 158 valence electrons. The highest BCUT2D eigenvalue weighted by Gasteiger charge is 2.31. The van der Waals surface area contributed by atoms with E-state index < -0.39 is 0 Å². The summed E-state index contributed by atoms with van der Waals surface area (Å²) < 4.78 is 2.02. The van der Waals surface area contributed by atoms with Crippen molar-refractivity contribution in [2.45, 2.75) is 39.0 Å². The number of rotatable bonds is 5. The van der Waals surface area contributed by atoms with Gasteiger partial charge in [-0.3, -0.25) is 0 Å². The van der Waals surface area contributed by atoms with Crippen LogP contribution in [0, 0.1) is 13.8 Å². The van der Waals surface area contributed by atoms with Crippen molar-refractivity contribution >= 4 is 5.65 Å². The van der Waals surface area contributed by atoms with Crippen LogP contribution >= 0.6 is 0 Å². The molecule has 1 aliphatic carbocycles. The average Bonchev–Trinajstić information content (AvgIpc) is 3.37. The molecule has 6 rings (SSSR count). The molecule has 7 heteroatoms. The minimum atomic E-state index is 0.576. The molecule has 1 fully saturated rings. The number of H-pyrrole nitrogens is 1. The van der Waals surface area contributed by atoms with E-state index in [2.05, 4.69) is 70.9 Å². The van der Waals surface area contributed by atoms with Crippen LogP contribution in [-0.4, -0.2) is 35.2 Å². The Morgan fingerprint density at radius 2 is 1.78 bits per heavy atom. The zero-order valence-electron chi connectivity index (χ0n) is 18.1. The van der Waals surface area contributed by atoms with Gasteiger partial charge in [0.15, 0.2) is 5.65 Å². The summed E-state index contributed by atoms with van der Waals surface area (Å²) in [7, 11) is 0. The van der Waals surface area contributed by atoms with Crippen molar-refractivity contribution in [1.82, 2.24) is 35.2 Å². The van der Waals surface area contributed by atoms with Gasteiger partial charge in [0.1, 0.15) is 0 Å². The van der Waals surface area contributed by atoms with Crippen LogP contribution in [0.3, 0.4) is 0 Å². The molecule has 0 atom stereocenters. The van der Waals surface area contributed by atoms with E-state index in [0.29, 0.717) is 11.7 Å². The molecule has 7 nitrogen and oxygen atoms in total. The van der Waals surface area contributed by atoms with Gasteiger partial charge in [-0.25, -0.2) is 9.50 Å². The second-order valence-corrected chi connectivity index (χ2v) is 8.57. The fourth-order valence-electron chi connectivity index (χ4n) is 4.45.